The number of hydrogen-bond donors (Lipinski definition) is 2. The maximum atomic E-state index is 11.3. The lowest BCUT2D eigenvalue weighted by atomic mass is 10.0. The van der Waals surface area contributed by atoms with Gasteiger partial charge >= 0.3 is 0 Å². The summed E-state index contributed by atoms with van der Waals surface area (Å²) in [6.45, 7) is 0.332. The van der Waals surface area contributed by atoms with E-state index in [0.29, 0.717) is 24.5 Å². The summed E-state index contributed by atoms with van der Waals surface area (Å²) in [6.07, 6.45) is 4.34. The average Bonchev–Trinajstić information content (AvgIpc) is 2.46. The molecule has 1 aliphatic rings. The highest BCUT2D eigenvalue weighted by Crippen LogP contribution is 2.27. The molecule has 0 saturated carbocycles. The van der Waals surface area contributed by atoms with Crippen LogP contribution in [0, 0.1) is 0 Å². The van der Waals surface area contributed by atoms with E-state index in [1.165, 1.54) is 6.20 Å². The van der Waals surface area contributed by atoms with Crippen molar-refractivity contribution in [1.82, 2.24) is 9.97 Å². The fourth-order valence-electron chi connectivity index (χ4n) is 2.05. The average molecular weight is 270 g/mol. The van der Waals surface area contributed by atoms with Gasteiger partial charge < -0.3 is 15.8 Å². The van der Waals surface area contributed by atoms with Gasteiger partial charge in [0.25, 0.3) is 0 Å². The van der Waals surface area contributed by atoms with E-state index in [-0.39, 0.29) is 5.91 Å². The standard InChI is InChI=1S/C14H14N4O2/c15-13-7-16-10(6-17-13)8-20-11-2-3-12-9(5-11)1-4-14(19)18-12/h2-3,5-7H,1,4,8H2,(H2,15,17)(H,18,19). The van der Waals surface area contributed by atoms with Crippen LogP contribution in [0.5, 0.6) is 5.75 Å². The molecule has 2 heterocycles. The van der Waals surface area contributed by atoms with E-state index in [1.807, 2.05) is 18.2 Å². The second-order valence-corrected chi connectivity index (χ2v) is 4.59. The Labute approximate surface area is 116 Å². The third kappa shape index (κ3) is 2.69. The van der Waals surface area contributed by atoms with Crippen molar-refractivity contribution in [2.75, 3.05) is 11.1 Å². The summed E-state index contributed by atoms with van der Waals surface area (Å²) in [4.78, 5) is 19.4. The smallest absolute Gasteiger partial charge is 0.224 e. The van der Waals surface area contributed by atoms with Crippen molar-refractivity contribution in [2.45, 2.75) is 19.4 Å². The number of anilines is 2. The number of aryl methyl sites for hydroxylation is 1. The van der Waals surface area contributed by atoms with Gasteiger partial charge in [-0.3, -0.25) is 9.78 Å². The maximum absolute atomic E-state index is 11.3. The Morgan fingerprint density at radius 2 is 2.15 bits per heavy atom. The second-order valence-electron chi connectivity index (χ2n) is 4.59. The molecular weight excluding hydrogens is 256 g/mol. The first-order chi connectivity index (χ1) is 9.70. The van der Waals surface area contributed by atoms with Crippen molar-refractivity contribution in [3.05, 3.63) is 41.9 Å². The number of nitrogens with zero attached hydrogens (tertiary/aromatic N) is 2. The molecule has 102 valence electrons. The minimum Gasteiger partial charge on any atom is -0.487 e. The Morgan fingerprint density at radius 1 is 1.25 bits per heavy atom. The summed E-state index contributed by atoms with van der Waals surface area (Å²) in [6, 6.07) is 5.63. The number of nitrogen functional groups attached to an aromatic ring is 1. The van der Waals surface area contributed by atoms with Crippen LogP contribution in [-0.4, -0.2) is 15.9 Å². The molecule has 2 aromatic rings. The third-order valence-corrected chi connectivity index (χ3v) is 3.08. The number of nitrogens with one attached hydrogen (secondary N) is 1. The molecule has 0 aliphatic carbocycles. The Kier molecular flexibility index (Phi) is 3.20. The van der Waals surface area contributed by atoms with E-state index in [0.717, 1.165) is 23.4 Å². The SMILES string of the molecule is Nc1cnc(COc2ccc3c(c2)CCC(=O)N3)cn1. The van der Waals surface area contributed by atoms with Crippen molar-refractivity contribution in [3.8, 4) is 5.75 Å². The molecule has 1 aliphatic heterocycles. The zero-order valence-electron chi connectivity index (χ0n) is 10.8. The molecule has 0 spiro atoms. The molecule has 3 rings (SSSR count). The zero-order valence-corrected chi connectivity index (χ0v) is 10.8. The molecule has 3 N–H and O–H groups in total. The van der Waals surface area contributed by atoms with Gasteiger partial charge in [0.15, 0.2) is 0 Å². The Balaban J connectivity index is 1.69. The maximum Gasteiger partial charge on any atom is 0.224 e. The van der Waals surface area contributed by atoms with Crippen molar-refractivity contribution in [1.29, 1.82) is 0 Å². The van der Waals surface area contributed by atoms with Gasteiger partial charge in [-0.1, -0.05) is 0 Å². The largest absolute Gasteiger partial charge is 0.487 e. The minimum atomic E-state index is 0.0586. The van der Waals surface area contributed by atoms with Crippen LogP contribution >= 0.6 is 0 Å². The Bertz CT molecular complexity index is 640. The molecule has 6 heteroatoms. The molecule has 0 atom stereocenters. The first kappa shape index (κ1) is 12.4. The van der Waals surface area contributed by atoms with Gasteiger partial charge in [-0.2, -0.15) is 0 Å². The quantitative estimate of drug-likeness (QED) is 0.882. The van der Waals surface area contributed by atoms with Crippen molar-refractivity contribution >= 4 is 17.4 Å². The highest BCUT2D eigenvalue weighted by molar-refractivity contribution is 5.93. The topological polar surface area (TPSA) is 90.1 Å². The number of benzene rings is 1. The number of nitrogens with two attached hydrogens (primary N) is 1. The van der Waals surface area contributed by atoms with Crippen LogP contribution in [-0.2, 0) is 17.8 Å². The summed E-state index contributed by atoms with van der Waals surface area (Å²) in [5, 5.41) is 2.84. The Hall–Kier alpha value is -2.63. The molecule has 0 unspecified atom stereocenters. The van der Waals surface area contributed by atoms with Crippen LogP contribution in [0.3, 0.4) is 0 Å². The van der Waals surface area contributed by atoms with Crippen molar-refractivity contribution in [3.63, 3.8) is 0 Å². The molecule has 0 saturated heterocycles. The van der Waals surface area contributed by atoms with E-state index < -0.39 is 0 Å². The highest BCUT2D eigenvalue weighted by atomic mass is 16.5. The van der Waals surface area contributed by atoms with Crippen LogP contribution in [0.1, 0.15) is 17.7 Å². The lowest BCUT2D eigenvalue weighted by Crippen LogP contribution is -2.18. The van der Waals surface area contributed by atoms with E-state index >= 15 is 0 Å². The summed E-state index contributed by atoms with van der Waals surface area (Å²) < 4.78 is 5.67. The van der Waals surface area contributed by atoms with Crippen LogP contribution in [0.25, 0.3) is 0 Å². The first-order valence-electron chi connectivity index (χ1n) is 6.33. The molecule has 1 aromatic heterocycles. The van der Waals surface area contributed by atoms with Gasteiger partial charge in [-0.25, -0.2) is 4.98 Å². The van der Waals surface area contributed by atoms with Gasteiger partial charge in [0.05, 0.1) is 18.1 Å². The van der Waals surface area contributed by atoms with Crippen LogP contribution in [0.15, 0.2) is 30.6 Å². The number of hydrogen-bond acceptors (Lipinski definition) is 5. The third-order valence-electron chi connectivity index (χ3n) is 3.08. The Morgan fingerprint density at radius 3 is 2.95 bits per heavy atom. The number of ether oxygens (including phenoxy) is 1. The van der Waals surface area contributed by atoms with E-state index in [4.69, 9.17) is 10.5 Å². The number of aromatic nitrogens is 2. The van der Waals surface area contributed by atoms with Crippen LogP contribution in [0.4, 0.5) is 11.5 Å². The number of fused-ring (bicyclic) bond motifs is 1. The van der Waals surface area contributed by atoms with Crippen LogP contribution in [0.2, 0.25) is 0 Å². The van der Waals surface area contributed by atoms with Crippen LogP contribution < -0.4 is 15.8 Å². The van der Waals surface area contributed by atoms with E-state index in [2.05, 4.69) is 15.3 Å². The number of carbonyl (C=O) groups excluding carboxylic acids is 1. The van der Waals surface area contributed by atoms with Gasteiger partial charge in [0, 0.05) is 12.1 Å². The fraction of sp³-hybridized carbons (Fsp3) is 0.214. The second kappa shape index (κ2) is 5.16. The van der Waals surface area contributed by atoms with Gasteiger partial charge in [0.1, 0.15) is 18.2 Å². The van der Waals surface area contributed by atoms with Gasteiger partial charge in [-0.15, -0.1) is 0 Å². The lowest BCUT2D eigenvalue weighted by molar-refractivity contribution is -0.116. The number of rotatable bonds is 3. The summed E-state index contributed by atoms with van der Waals surface area (Å²) in [5.74, 6) is 1.19. The first-order valence-corrected chi connectivity index (χ1v) is 6.33. The molecule has 1 aromatic carbocycles. The van der Waals surface area contributed by atoms with Crippen molar-refractivity contribution < 1.29 is 9.53 Å². The summed E-state index contributed by atoms with van der Waals surface area (Å²) in [5.41, 5.74) is 8.14. The van der Waals surface area contributed by atoms with Gasteiger partial charge in [0.2, 0.25) is 5.91 Å². The summed E-state index contributed by atoms with van der Waals surface area (Å²) >= 11 is 0. The predicted molar refractivity (Wildman–Crippen MR) is 74.2 cm³/mol. The zero-order chi connectivity index (χ0) is 13.9. The molecule has 20 heavy (non-hydrogen) atoms. The fourth-order valence-corrected chi connectivity index (χ4v) is 2.05. The molecule has 0 radical (unpaired) electrons. The predicted octanol–water partition coefficient (Wildman–Crippen LogP) is 1.52. The van der Waals surface area contributed by atoms with Gasteiger partial charge in [-0.05, 0) is 30.2 Å². The summed E-state index contributed by atoms with van der Waals surface area (Å²) in [7, 11) is 0. The highest BCUT2D eigenvalue weighted by Gasteiger charge is 2.15. The molecule has 0 fully saturated rings. The normalized spacial score (nSPS) is 13.5. The molecular formula is C14H14N4O2. The monoisotopic (exact) mass is 270 g/mol. The number of carbonyl (C=O) groups is 1. The molecule has 0 bridgehead atoms. The minimum absolute atomic E-state index is 0.0586. The number of amides is 1. The molecule has 1 amide bonds. The molecule has 6 nitrogen and oxygen atoms in total. The lowest BCUT2D eigenvalue weighted by Gasteiger charge is -2.17. The van der Waals surface area contributed by atoms with Crippen molar-refractivity contribution in [2.24, 2.45) is 0 Å². The van der Waals surface area contributed by atoms with E-state index in [1.54, 1.807) is 6.20 Å². The van der Waals surface area contributed by atoms with E-state index in [9.17, 15) is 4.79 Å².